The van der Waals surface area contributed by atoms with Crippen LogP contribution in [0.25, 0.3) is 0 Å². The van der Waals surface area contributed by atoms with Crippen molar-refractivity contribution in [2.75, 3.05) is 0 Å². The van der Waals surface area contributed by atoms with E-state index >= 15 is 0 Å². The summed E-state index contributed by atoms with van der Waals surface area (Å²) in [5, 5.41) is -0.290. The number of halogens is 5. The number of hydrogen-bond donors (Lipinski definition) is 0. The van der Waals surface area contributed by atoms with E-state index in [9.17, 15) is 18.0 Å². The van der Waals surface area contributed by atoms with Gasteiger partial charge in [-0.1, -0.05) is 17.7 Å². The van der Waals surface area contributed by atoms with Crippen LogP contribution in [-0.2, 0) is 0 Å². The second-order valence-electron chi connectivity index (χ2n) is 3.65. The highest BCUT2D eigenvalue weighted by Gasteiger charge is 2.24. The summed E-state index contributed by atoms with van der Waals surface area (Å²) in [7, 11) is 0. The van der Waals surface area contributed by atoms with Gasteiger partial charge in [0.05, 0.1) is 20.6 Å². The lowest BCUT2D eigenvalue weighted by molar-refractivity contribution is 0.102. The first-order valence-corrected chi connectivity index (χ1v) is 6.22. The molecule has 0 atom stereocenters. The minimum atomic E-state index is -1.10. The quantitative estimate of drug-likeness (QED) is 0.565. The molecule has 0 aliphatic heterocycles. The van der Waals surface area contributed by atoms with Crippen molar-refractivity contribution < 1.29 is 18.0 Å². The topological polar surface area (TPSA) is 17.1 Å². The van der Waals surface area contributed by atoms with Gasteiger partial charge in [0.1, 0.15) is 5.82 Å². The van der Waals surface area contributed by atoms with Crippen LogP contribution in [0.2, 0.25) is 5.02 Å². The Morgan fingerprint density at radius 1 is 1.05 bits per heavy atom. The molecule has 0 saturated heterocycles. The molecule has 0 N–H and O–H groups in total. The van der Waals surface area contributed by atoms with Crippen LogP contribution in [0.1, 0.15) is 15.9 Å². The van der Waals surface area contributed by atoms with Crippen molar-refractivity contribution in [2.45, 2.75) is 0 Å². The van der Waals surface area contributed by atoms with Gasteiger partial charge in [-0.15, -0.1) is 0 Å². The summed E-state index contributed by atoms with van der Waals surface area (Å²) < 4.78 is 40.9. The molecule has 6 heteroatoms. The average molecular weight is 350 g/mol. The Labute approximate surface area is 120 Å². The Bertz CT molecular complexity index is 673. The zero-order valence-corrected chi connectivity index (χ0v) is 11.5. The number of carbonyl (C=O) groups is 1. The number of ketones is 1. The van der Waals surface area contributed by atoms with E-state index in [-0.39, 0.29) is 9.50 Å². The molecule has 0 aliphatic carbocycles. The summed E-state index contributed by atoms with van der Waals surface area (Å²) in [6.45, 7) is 0. The number of carbonyl (C=O) groups excluding carboxylic acids is 1. The maximum atomic E-state index is 13.8. The summed E-state index contributed by atoms with van der Waals surface area (Å²) in [6.07, 6.45) is 0. The maximum Gasteiger partial charge on any atom is 0.201 e. The Morgan fingerprint density at radius 2 is 1.74 bits per heavy atom. The highest BCUT2D eigenvalue weighted by atomic mass is 79.9. The lowest BCUT2D eigenvalue weighted by Crippen LogP contribution is -2.10. The van der Waals surface area contributed by atoms with Crippen molar-refractivity contribution in [3.63, 3.8) is 0 Å². The molecule has 0 amide bonds. The average Bonchev–Trinajstić information content (AvgIpc) is 2.37. The second kappa shape index (κ2) is 5.35. The fraction of sp³-hybridized carbons (Fsp3) is 0. The van der Waals surface area contributed by atoms with Crippen LogP contribution in [0.15, 0.2) is 34.8 Å². The Hall–Kier alpha value is -1.33. The summed E-state index contributed by atoms with van der Waals surface area (Å²) in [6, 6.07) is 5.72. The van der Waals surface area contributed by atoms with Crippen LogP contribution >= 0.6 is 27.5 Å². The van der Waals surface area contributed by atoms with Crippen molar-refractivity contribution >= 4 is 33.3 Å². The van der Waals surface area contributed by atoms with Crippen LogP contribution in [0.3, 0.4) is 0 Å². The van der Waals surface area contributed by atoms with Gasteiger partial charge in [-0.3, -0.25) is 4.79 Å². The summed E-state index contributed by atoms with van der Waals surface area (Å²) in [5.41, 5.74) is -1.31. The third-order valence-electron chi connectivity index (χ3n) is 2.47. The molecular formula is C13H5BrClF3O. The van der Waals surface area contributed by atoms with Gasteiger partial charge in [0, 0.05) is 0 Å². The molecule has 2 aromatic carbocycles. The van der Waals surface area contributed by atoms with Crippen molar-refractivity contribution in [3.8, 4) is 0 Å². The SMILES string of the molecule is O=C(c1cccc(Cl)c1F)c1c(F)ccc(Br)c1F. The van der Waals surface area contributed by atoms with E-state index in [2.05, 4.69) is 15.9 Å². The fourth-order valence-corrected chi connectivity index (χ4v) is 2.05. The second-order valence-corrected chi connectivity index (χ2v) is 4.91. The maximum absolute atomic E-state index is 13.8. The molecule has 0 spiro atoms. The molecule has 1 nitrogen and oxygen atoms in total. The minimum Gasteiger partial charge on any atom is -0.288 e. The van der Waals surface area contributed by atoms with E-state index in [4.69, 9.17) is 11.6 Å². The predicted octanol–water partition coefficient (Wildman–Crippen LogP) is 4.75. The van der Waals surface area contributed by atoms with Gasteiger partial charge in [0.2, 0.25) is 5.78 Å². The van der Waals surface area contributed by atoms with Gasteiger partial charge in [0.25, 0.3) is 0 Å². The van der Waals surface area contributed by atoms with Crippen LogP contribution in [0.5, 0.6) is 0 Å². The van der Waals surface area contributed by atoms with E-state index < -0.39 is 34.4 Å². The molecule has 0 fully saturated rings. The van der Waals surface area contributed by atoms with Crippen molar-refractivity contribution in [1.82, 2.24) is 0 Å². The van der Waals surface area contributed by atoms with E-state index in [0.717, 1.165) is 18.2 Å². The molecular weight excluding hydrogens is 344 g/mol. The van der Waals surface area contributed by atoms with Gasteiger partial charge in [-0.25, -0.2) is 13.2 Å². The Morgan fingerprint density at radius 3 is 2.42 bits per heavy atom. The number of hydrogen-bond acceptors (Lipinski definition) is 1. The molecule has 98 valence electrons. The van der Waals surface area contributed by atoms with Gasteiger partial charge in [-0.05, 0) is 40.2 Å². The van der Waals surface area contributed by atoms with E-state index in [1.807, 2.05) is 0 Å². The molecule has 0 aromatic heterocycles. The highest BCUT2D eigenvalue weighted by molar-refractivity contribution is 9.10. The van der Waals surface area contributed by atoms with Crippen molar-refractivity contribution in [1.29, 1.82) is 0 Å². The standard InChI is InChI=1S/C13H5BrClF3O/c14-7-4-5-9(16)10(12(7)18)13(19)6-2-1-3-8(15)11(6)17/h1-5H. The number of rotatable bonds is 2. The normalized spacial score (nSPS) is 10.6. The molecule has 0 aliphatic rings. The first-order valence-electron chi connectivity index (χ1n) is 5.05. The molecule has 0 radical (unpaired) electrons. The lowest BCUT2D eigenvalue weighted by atomic mass is 10.0. The van der Waals surface area contributed by atoms with Crippen LogP contribution in [-0.4, -0.2) is 5.78 Å². The van der Waals surface area contributed by atoms with Crippen LogP contribution in [0, 0.1) is 17.5 Å². The minimum absolute atomic E-state index is 0.0836. The summed E-state index contributed by atoms with van der Waals surface area (Å²) >= 11 is 8.37. The van der Waals surface area contributed by atoms with E-state index in [1.165, 1.54) is 12.1 Å². The van der Waals surface area contributed by atoms with Gasteiger partial charge < -0.3 is 0 Å². The first kappa shape index (κ1) is 14.1. The van der Waals surface area contributed by atoms with Crippen LogP contribution < -0.4 is 0 Å². The first-order chi connectivity index (χ1) is 8.93. The molecule has 0 heterocycles. The molecule has 2 rings (SSSR count). The monoisotopic (exact) mass is 348 g/mol. The molecule has 0 saturated carbocycles. The van der Waals surface area contributed by atoms with Crippen molar-refractivity contribution in [3.05, 3.63) is 68.4 Å². The molecule has 19 heavy (non-hydrogen) atoms. The number of benzene rings is 2. The Balaban J connectivity index is 2.63. The smallest absolute Gasteiger partial charge is 0.201 e. The lowest BCUT2D eigenvalue weighted by Gasteiger charge is -2.07. The van der Waals surface area contributed by atoms with Gasteiger partial charge >= 0.3 is 0 Å². The predicted molar refractivity (Wildman–Crippen MR) is 68.9 cm³/mol. The van der Waals surface area contributed by atoms with Crippen LogP contribution in [0.4, 0.5) is 13.2 Å². The summed E-state index contributed by atoms with van der Waals surface area (Å²) in [4.78, 5) is 12.0. The van der Waals surface area contributed by atoms with E-state index in [1.54, 1.807) is 0 Å². The zero-order valence-electron chi connectivity index (χ0n) is 9.18. The highest BCUT2D eigenvalue weighted by Crippen LogP contribution is 2.26. The fourth-order valence-electron chi connectivity index (χ4n) is 1.55. The summed E-state index contributed by atoms with van der Waals surface area (Å²) in [5.74, 6) is -4.25. The van der Waals surface area contributed by atoms with E-state index in [0.29, 0.717) is 0 Å². The van der Waals surface area contributed by atoms with Gasteiger partial charge in [0.15, 0.2) is 11.6 Å². The largest absolute Gasteiger partial charge is 0.288 e. The zero-order chi connectivity index (χ0) is 14.2. The molecule has 2 aromatic rings. The van der Waals surface area contributed by atoms with Crippen molar-refractivity contribution in [2.24, 2.45) is 0 Å². The third kappa shape index (κ3) is 2.53. The molecule has 0 bridgehead atoms. The Kier molecular flexibility index (Phi) is 3.96. The molecule has 0 unspecified atom stereocenters. The third-order valence-corrected chi connectivity index (χ3v) is 3.37. The van der Waals surface area contributed by atoms with Gasteiger partial charge in [-0.2, -0.15) is 0 Å².